The molecule has 1 N–H and O–H groups in total. The van der Waals surface area contributed by atoms with E-state index in [1.54, 1.807) is 17.0 Å². The van der Waals surface area contributed by atoms with Crippen molar-refractivity contribution in [2.75, 3.05) is 19.8 Å². The number of hydrogen-bond donors (Lipinski definition) is 1. The number of rotatable bonds is 12. The summed E-state index contributed by atoms with van der Waals surface area (Å²) >= 11 is 0. The van der Waals surface area contributed by atoms with E-state index in [0.29, 0.717) is 31.7 Å². The molecule has 10 heteroatoms. The van der Waals surface area contributed by atoms with Gasteiger partial charge >= 0.3 is 0 Å². The molecule has 202 valence electrons. The molecule has 0 bridgehead atoms. The van der Waals surface area contributed by atoms with Crippen molar-refractivity contribution in [1.82, 2.24) is 30.4 Å². The van der Waals surface area contributed by atoms with E-state index in [9.17, 15) is 14.0 Å². The highest BCUT2D eigenvalue weighted by atomic mass is 19.1. The van der Waals surface area contributed by atoms with E-state index in [1.807, 2.05) is 38.1 Å². The first-order valence-electron chi connectivity index (χ1n) is 13.2. The zero-order chi connectivity index (χ0) is 26.9. The van der Waals surface area contributed by atoms with Crippen LogP contribution in [0.4, 0.5) is 4.39 Å². The molecule has 1 heterocycles. The van der Waals surface area contributed by atoms with Crippen LogP contribution in [0.2, 0.25) is 0 Å². The molecule has 1 aliphatic carbocycles. The number of aromatic nitrogens is 4. The predicted molar refractivity (Wildman–Crippen MR) is 140 cm³/mol. The number of ether oxygens (including phenoxy) is 1. The van der Waals surface area contributed by atoms with Gasteiger partial charge in [-0.1, -0.05) is 42.7 Å². The van der Waals surface area contributed by atoms with Gasteiger partial charge in [-0.2, -0.15) is 4.80 Å². The number of amides is 2. The van der Waals surface area contributed by atoms with Crippen LogP contribution < -0.4 is 5.32 Å². The Morgan fingerprint density at radius 1 is 1.13 bits per heavy atom. The minimum atomic E-state index is -0.801. The fraction of sp³-hybridized carbons (Fsp3) is 0.464. The Morgan fingerprint density at radius 3 is 2.53 bits per heavy atom. The number of aryl methyl sites for hydroxylation is 1. The lowest BCUT2D eigenvalue weighted by atomic mass is 10.0. The van der Waals surface area contributed by atoms with Gasteiger partial charge in [-0.05, 0) is 68.2 Å². The van der Waals surface area contributed by atoms with Gasteiger partial charge in [0.05, 0.1) is 0 Å². The standard InChI is InChI=1S/C28H35FN6O3/c1-3-38-18-6-17-34(25(36)19-35-32-27(31-33-35)22-13-15-23(29)16-14-22)26(21-11-9-20(2)10-12-21)28(37)30-24-7-4-5-8-24/h9-16,24,26H,3-8,17-19H2,1-2H3,(H,30,37). The monoisotopic (exact) mass is 522 g/mol. The van der Waals surface area contributed by atoms with Crippen LogP contribution >= 0.6 is 0 Å². The molecule has 1 aromatic heterocycles. The average Bonchev–Trinajstić information content (AvgIpc) is 3.59. The van der Waals surface area contributed by atoms with Crippen LogP contribution in [0.3, 0.4) is 0 Å². The van der Waals surface area contributed by atoms with Crippen LogP contribution in [-0.2, 0) is 20.9 Å². The first-order chi connectivity index (χ1) is 18.4. The van der Waals surface area contributed by atoms with E-state index >= 15 is 0 Å². The summed E-state index contributed by atoms with van der Waals surface area (Å²) in [4.78, 5) is 30.2. The van der Waals surface area contributed by atoms with Gasteiger partial charge in [-0.15, -0.1) is 10.2 Å². The number of benzene rings is 2. The van der Waals surface area contributed by atoms with E-state index in [1.165, 1.54) is 16.9 Å². The second-order valence-corrected chi connectivity index (χ2v) is 9.59. The lowest BCUT2D eigenvalue weighted by Crippen LogP contribution is -2.47. The molecule has 9 nitrogen and oxygen atoms in total. The summed E-state index contributed by atoms with van der Waals surface area (Å²) in [5, 5.41) is 15.5. The summed E-state index contributed by atoms with van der Waals surface area (Å²) in [6.07, 6.45) is 4.64. The lowest BCUT2D eigenvalue weighted by molar-refractivity contribution is -0.142. The maximum atomic E-state index is 13.7. The van der Waals surface area contributed by atoms with Gasteiger partial charge in [0.15, 0.2) is 0 Å². The van der Waals surface area contributed by atoms with Crippen molar-refractivity contribution in [3.8, 4) is 11.4 Å². The third-order valence-corrected chi connectivity index (χ3v) is 6.70. The van der Waals surface area contributed by atoms with Gasteiger partial charge in [-0.3, -0.25) is 9.59 Å². The van der Waals surface area contributed by atoms with E-state index in [4.69, 9.17) is 4.74 Å². The van der Waals surface area contributed by atoms with E-state index in [-0.39, 0.29) is 36.0 Å². The van der Waals surface area contributed by atoms with Gasteiger partial charge < -0.3 is 15.0 Å². The quantitative estimate of drug-likeness (QED) is 0.363. The van der Waals surface area contributed by atoms with Crippen molar-refractivity contribution in [1.29, 1.82) is 0 Å². The highest BCUT2D eigenvalue weighted by molar-refractivity contribution is 5.89. The van der Waals surface area contributed by atoms with E-state index < -0.39 is 6.04 Å². The van der Waals surface area contributed by atoms with E-state index in [2.05, 4.69) is 20.7 Å². The molecule has 0 aliphatic heterocycles. The Balaban J connectivity index is 1.58. The summed E-state index contributed by atoms with van der Waals surface area (Å²) in [6, 6.07) is 12.8. The second-order valence-electron chi connectivity index (χ2n) is 9.59. The number of tetrazole rings is 1. The summed E-state index contributed by atoms with van der Waals surface area (Å²) in [5.41, 5.74) is 2.40. The average molecular weight is 523 g/mol. The van der Waals surface area contributed by atoms with Crippen LogP contribution in [0.25, 0.3) is 11.4 Å². The fourth-order valence-electron chi connectivity index (χ4n) is 4.69. The third kappa shape index (κ3) is 7.22. The number of nitrogens with zero attached hydrogens (tertiary/aromatic N) is 5. The zero-order valence-corrected chi connectivity index (χ0v) is 22.0. The molecule has 3 aromatic rings. The number of halogens is 1. The Bertz CT molecular complexity index is 1190. The molecule has 1 saturated carbocycles. The van der Waals surface area contributed by atoms with Crippen molar-refractivity contribution in [2.45, 2.75) is 64.6 Å². The number of hydrogen-bond acceptors (Lipinski definition) is 6. The van der Waals surface area contributed by atoms with E-state index in [0.717, 1.165) is 36.8 Å². The van der Waals surface area contributed by atoms with Crippen LogP contribution in [0.1, 0.15) is 56.2 Å². The summed E-state index contributed by atoms with van der Waals surface area (Å²) in [7, 11) is 0. The minimum absolute atomic E-state index is 0.117. The van der Waals surface area contributed by atoms with Crippen LogP contribution in [0.15, 0.2) is 48.5 Å². The maximum absolute atomic E-state index is 13.7. The first-order valence-corrected chi connectivity index (χ1v) is 13.2. The third-order valence-electron chi connectivity index (χ3n) is 6.70. The molecule has 4 rings (SSSR count). The molecular weight excluding hydrogens is 487 g/mol. The Kier molecular flexibility index (Phi) is 9.53. The number of carbonyl (C=O) groups is 2. The van der Waals surface area contributed by atoms with Gasteiger partial charge in [0.25, 0.3) is 0 Å². The normalized spacial score (nSPS) is 14.4. The molecule has 0 radical (unpaired) electrons. The van der Waals surface area contributed by atoms with Gasteiger partial charge in [0.2, 0.25) is 17.6 Å². The minimum Gasteiger partial charge on any atom is -0.382 e. The first kappa shape index (κ1) is 27.4. The summed E-state index contributed by atoms with van der Waals surface area (Å²) in [6.45, 7) is 5.09. The largest absolute Gasteiger partial charge is 0.382 e. The molecule has 0 saturated heterocycles. The predicted octanol–water partition coefficient (Wildman–Crippen LogP) is 3.84. The van der Waals surface area contributed by atoms with Gasteiger partial charge in [-0.25, -0.2) is 4.39 Å². The van der Waals surface area contributed by atoms with Crippen molar-refractivity contribution >= 4 is 11.8 Å². The zero-order valence-electron chi connectivity index (χ0n) is 22.0. The Morgan fingerprint density at radius 2 is 1.84 bits per heavy atom. The van der Waals surface area contributed by atoms with Crippen molar-refractivity contribution in [2.24, 2.45) is 0 Å². The van der Waals surface area contributed by atoms with Crippen LogP contribution in [0.5, 0.6) is 0 Å². The molecule has 1 atom stereocenters. The Hall–Kier alpha value is -3.66. The van der Waals surface area contributed by atoms with Crippen LogP contribution in [0, 0.1) is 12.7 Å². The molecular formula is C28H35FN6O3. The SMILES string of the molecule is CCOCCCN(C(=O)Cn1nnc(-c2ccc(F)cc2)n1)C(C(=O)NC1CCCC1)c1ccc(C)cc1. The van der Waals surface area contributed by atoms with Crippen LogP contribution in [-0.4, -0.2) is 62.7 Å². The molecule has 1 fully saturated rings. The topological polar surface area (TPSA) is 102 Å². The van der Waals surface area contributed by atoms with Crippen molar-refractivity contribution in [3.63, 3.8) is 0 Å². The summed E-state index contributed by atoms with van der Waals surface area (Å²) in [5.74, 6) is -0.576. The molecule has 1 unspecified atom stereocenters. The molecule has 38 heavy (non-hydrogen) atoms. The smallest absolute Gasteiger partial charge is 0.247 e. The Labute approximate surface area is 222 Å². The van der Waals surface area contributed by atoms with Gasteiger partial charge in [0, 0.05) is 31.4 Å². The number of nitrogens with one attached hydrogen (secondary N) is 1. The van der Waals surface area contributed by atoms with Crippen molar-refractivity contribution < 1.29 is 18.7 Å². The summed E-state index contributed by atoms with van der Waals surface area (Å²) < 4.78 is 18.8. The second kappa shape index (κ2) is 13.2. The fourth-order valence-corrected chi connectivity index (χ4v) is 4.69. The molecule has 1 aliphatic rings. The van der Waals surface area contributed by atoms with Crippen molar-refractivity contribution in [3.05, 3.63) is 65.5 Å². The molecule has 2 aromatic carbocycles. The lowest BCUT2D eigenvalue weighted by Gasteiger charge is -2.32. The molecule has 2 amide bonds. The highest BCUT2D eigenvalue weighted by Gasteiger charge is 2.33. The molecule has 0 spiro atoms. The van der Waals surface area contributed by atoms with Gasteiger partial charge in [0.1, 0.15) is 18.4 Å². The maximum Gasteiger partial charge on any atom is 0.247 e. The number of carbonyl (C=O) groups excluding carboxylic acids is 2. The highest BCUT2D eigenvalue weighted by Crippen LogP contribution is 2.25.